The maximum Gasteiger partial charge on any atom is 0.189 e. The largest absolute Gasteiger partial charge is 0.189 e. The Labute approximate surface area is 117 Å². The third-order valence-corrected chi connectivity index (χ3v) is 5.75. The molecule has 0 aromatic heterocycles. The first-order valence-corrected chi connectivity index (χ1v) is 5.79. The summed E-state index contributed by atoms with van der Waals surface area (Å²) in [5.74, 6) is 0. The SMILES string of the molecule is CC(Cl)(Cl)C(Cl)(Cl)C(Cl)(Cl)[C](Cl)Cl. The van der Waals surface area contributed by atoms with Gasteiger partial charge in [-0.1, -0.05) is 92.8 Å². The Morgan fingerprint density at radius 1 is 0.846 bits per heavy atom. The highest BCUT2D eigenvalue weighted by Gasteiger charge is 2.61. The van der Waals surface area contributed by atoms with Gasteiger partial charge in [-0.2, -0.15) is 0 Å². The molecule has 0 aliphatic rings. The lowest BCUT2D eigenvalue weighted by molar-refractivity contribution is 0.661. The molecule has 0 nitrogen and oxygen atoms in total. The second-order valence-electron chi connectivity index (χ2n) is 2.30. The minimum Gasteiger partial charge on any atom is -0.0985 e. The van der Waals surface area contributed by atoms with Crippen LogP contribution in [-0.2, 0) is 0 Å². The molecule has 0 N–H and O–H groups in total. The van der Waals surface area contributed by atoms with Crippen molar-refractivity contribution in [2.24, 2.45) is 0 Å². The van der Waals surface area contributed by atoms with Crippen LogP contribution in [0.3, 0.4) is 0 Å². The summed E-state index contributed by atoms with van der Waals surface area (Å²) in [6, 6.07) is 0. The Morgan fingerprint density at radius 2 is 1.15 bits per heavy atom. The Balaban J connectivity index is 5.04. The lowest BCUT2D eigenvalue weighted by atomic mass is 10.2. The molecule has 0 aliphatic carbocycles. The van der Waals surface area contributed by atoms with E-state index >= 15 is 0 Å². The molecule has 0 rings (SSSR count). The summed E-state index contributed by atoms with van der Waals surface area (Å²) in [5, 5.41) is 0. The van der Waals surface area contributed by atoms with Gasteiger partial charge in [0.25, 0.3) is 0 Å². The number of hydrogen-bond donors (Lipinski definition) is 0. The van der Waals surface area contributed by atoms with Crippen LogP contribution in [-0.4, -0.2) is 13.0 Å². The molecule has 0 amide bonds. The third-order valence-electron chi connectivity index (χ3n) is 1.18. The fourth-order valence-corrected chi connectivity index (χ4v) is 1.92. The van der Waals surface area contributed by atoms with Crippen molar-refractivity contribution in [2.45, 2.75) is 19.9 Å². The number of hydrogen-bond acceptors (Lipinski definition) is 0. The average Bonchev–Trinajstić information content (AvgIpc) is 1.84. The van der Waals surface area contributed by atoms with Crippen molar-refractivity contribution in [2.75, 3.05) is 0 Å². The molecule has 0 fully saturated rings. The Morgan fingerprint density at radius 3 is 1.23 bits per heavy atom. The molecule has 8 heteroatoms. The van der Waals surface area contributed by atoms with E-state index in [0.29, 0.717) is 0 Å². The van der Waals surface area contributed by atoms with Crippen LogP contribution in [0.2, 0.25) is 0 Å². The molecule has 13 heavy (non-hydrogen) atoms. The summed E-state index contributed by atoms with van der Waals surface area (Å²) < 4.78 is -5.52. The highest BCUT2D eigenvalue weighted by atomic mass is 35.6. The zero-order valence-electron chi connectivity index (χ0n) is 6.02. The topological polar surface area (TPSA) is 0 Å². The number of alkyl halides is 6. The second kappa shape index (κ2) is 4.67. The van der Waals surface area contributed by atoms with Gasteiger partial charge >= 0.3 is 0 Å². The summed E-state index contributed by atoms with van der Waals surface area (Å²) in [6.07, 6.45) is 0. The predicted molar refractivity (Wildman–Crippen MR) is 63.9 cm³/mol. The fraction of sp³-hybridized carbons (Fsp3) is 0.800. The van der Waals surface area contributed by atoms with Crippen LogP contribution in [0.25, 0.3) is 0 Å². The molecule has 0 aromatic rings. The molecule has 0 atom stereocenters. The van der Waals surface area contributed by atoms with Crippen molar-refractivity contribution >= 4 is 92.8 Å². The highest BCUT2D eigenvalue weighted by molar-refractivity contribution is 6.75. The summed E-state index contributed by atoms with van der Waals surface area (Å²) in [7, 11) is 0. The molecule has 0 saturated heterocycles. The minimum atomic E-state index is -1.96. The normalized spacial score (nSPS) is 15.2. The smallest absolute Gasteiger partial charge is 0.0985 e. The van der Waals surface area contributed by atoms with Crippen molar-refractivity contribution in [1.29, 1.82) is 0 Å². The van der Waals surface area contributed by atoms with Gasteiger partial charge in [-0.25, -0.2) is 0 Å². The van der Waals surface area contributed by atoms with Crippen molar-refractivity contribution in [1.82, 2.24) is 0 Å². The first-order valence-electron chi connectivity index (χ1n) is 2.76. The zero-order chi connectivity index (χ0) is 11.1. The third kappa shape index (κ3) is 3.14. The molecular weight excluding hydrogens is 344 g/mol. The Kier molecular flexibility index (Phi) is 5.51. The van der Waals surface area contributed by atoms with Gasteiger partial charge in [0.05, 0.1) is 0 Å². The van der Waals surface area contributed by atoms with E-state index in [-0.39, 0.29) is 0 Å². The van der Waals surface area contributed by atoms with Gasteiger partial charge in [0, 0.05) is 0 Å². The van der Waals surface area contributed by atoms with Gasteiger partial charge in [0.15, 0.2) is 17.8 Å². The average molecular weight is 347 g/mol. The van der Waals surface area contributed by atoms with Gasteiger partial charge in [0.2, 0.25) is 0 Å². The molecule has 79 valence electrons. The lowest BCUT2D eigenvalue weighted by Crippen LogP contribution is -2.49. The quantitative estimate of drug-likeness (QED) is 0.592. The number of rotatable bonds is 3. The van der Waals surface area contributed by atoms with E-state index in [1.165, 1.54) is 6.92 Å². The molecule has 0 bridgehead atoms. The molecular formula is C5H3Cl8. The molecule has 0 heterocycles. The molecule has 1 radical (unpaired) electrons. The summed E-state index contributed by atoms with van der Waals surface area (Å²) in [6.45, 7) is 1.31. The predicted octanol–water partition coefficient (Wildman–Crippen LogP) is 5.50. The van der Waals surface area contributed by atoms with Gasteiger partial charge in [-0.05, 0) is 6.92 Å². The van der Waals surface area contributed by atoms with E-state index in [1.54, 1.807) is 0 Å². The minimum absolute atomic E-state index is 0.437. The standard InChI is InChI=1S/C5H3Cl8/c1-3(8,9)5(12,13)4(10,11)2(6)7/h1H3. The van der Waals surface area contributed by atoms with Gasteiger partial charge < -0.3 is 0 Å². The van der Waals surface area contributed by atoms with Crippen molar-refractivity contribution in [3.63, 3.8) is 0 Å². The second-order valence-corrected chi connectivity index (χ2v) is 7.61. The van der Waals surface area contributed by atoms with Crippen molar-refractivity contribution < 1.29 is 0 Å². The summed E-state index contributed by atoms with van der Waals surface area (Å²) in [5.41, 5.74) is 0. The van der Waals surface area contributed by atoms with Crippen molar-refractivity contribution in [3.05, 3.63) is 4.84 Å². The summed E-state index contributed by atoms with van der Waals surface area (Å²) in [4.78, 5) is -0.437. The Hall–Kier alpha value is 2.32. The van der Waals surface area contributed by atoms with E-state index in [9.17, 15) is 0 Å². The zero-order valence-corrected chi connectivity index (χ0v) is 12.1. The highest BCUT2D eigenvalue weighted by Crippen LogP contribution is 2.59. The lowest BCUT2D eigenvalue weighted by Gasteiger charge is -2.39. The van der Waals surface area contributed by atoms with E-state index < -0.39 is 17.8 Å². The fourth-order valence-electron chi connectivity index (χ4n) is 0.394. The van der Waals surface area contributed by atoms with E-state index in [0.717, 1.165) is 0 Å². The van der Waals surface area contributed by atoms with Crippen LogP contribution in [0.4, 0.5) is 0 Å². The summed E-state index contributed by atoms with van der Waals surface area (Å²) >= 11 is 44.9. The molecule has 0 aliphatic heterocycles. The van der Waals surface area contributed by atoms with Crippen LogP contribution < -0.4 is 0 Å². The Bertz CT molecular complexity index is 177. The molecule has 0 aromatic carbocycles. The first-order chi connectivity index (χ1) is 5.44. The van der Waals surface area contributed by atoms with E-state index in [2.05, 4.69) is 0 Å². The van der Waals surface area contributed by atoms with E-state index in [4.69, 9.17) is 92.8 Å². The van der Waals surface area contributed by atoms with Crippen LogP contribution in [0, 0.1) is 4.84 Å². The maximum atomic E-state index is 5.75. The first kappa shape index (κ1) is 15.3. The monoisotopic (exact) mass is 343 g/mol. The van der Waals surface area contributed by atoms with Crippen molar-refractivity contribution in [3.8, 4) is 0 Å². The van der Waals surface area contributed by atoms with Crippen LogP contribution in [0.15, 0.2) is 0 Å². The van der Waals surface area contributed by atoms with Gasteiger partial charge in [0.1, 0.15) is 0 Å². The molecule has 0 saturated carbocycles. The maximum absolute atomic E-state index is 5.75. The van der Waals surface area contributed by atoms with Crippen LogP contribution in [0.1, 0.15) is 6.92 Å². The van der Waals surface area contributed by atoms with E-state index in [1.807, 2.05) is 0 Å². The van der Waals surface area contributed by atoms with Gasteiger partial charge in [-0.3, -0.25) is 0 Å². The van der Waals surface area contributed by atoms with Gasteiger partial charge in [-0.15, -0.1) is 0 Å². The molecule has 0 spiro atoms. The molecule has 0 unspecified atom stereocenters. The van der Waals surface area contributed by atoms with Crippen LogP contribution in [0.5, 0.6) is 0 Å². The number of halogens is 8. The van der Waals surface area contributed by atoms with Crippen LogP contribution >= 0.6 is 92.8 Å².